The molecule has 0 radical (unpaired) electrons. The highest BCUT2D eigenvalue weighted by Gasteiger charge is 2.40. The minimum Gasteiger partial charge on any atom is -0.497 e. The normalized spacial score (nSPS) is 11.6. The number of ether oxygens (including phenoxy) is 3. The summed E-state index contributed by atoms with van der Waals surface area (Å²) >= 11 is 11.8. The van der Waals surface area contributed by atoms with Crippen LogP contribution < -0.4 is 19.6 Å². The van der Waals surface area contributed by atoms with Crippen molar-refractivity contribution in [2.45, 2.75) is 6.18 Å². The van der Waals surface area contributed by atoms with Gasteiger partial charge in [-0.3, -0.25) is 4.79 Å². The van der Waals surface area contributed by atoms with Crippen molar-refractivity contribution in [3.63, 3.8) is 0 Å². The van der Waals surface area contributed by atoms with Gasteiger partial charge in [-0.25, -0.2) is 4.79 Å². The summed E-state index contributed by atoms with van der Waals surface area (Å²) in [5.41, 5.74) is -0.935. The van der Waals surface area contributed by atoms with Crippen LogP contribution in [0.3, 0.4) is 0 Å². The average Bonchev–Trinajstić information content (AvgIpc) is 2.86. The molecular weight excluding hydrogens is 536 g/mol. The van der Waals surface area contributed by atoms with E-state index in [1.54, 1.807) is 12.1 Å². The number of hydrogen-bond acceptors (Lipinski definition) is 6. The molecule has 0 amide bonds. The van der Waals surface area contributed by atoms with Crippen LogP contribution in [-0.4, -0.2) is 13.1 Å². The molecule has 0 atom stereocenters. The molecule has 0 fully saturated rings. The third-order valence-corrected chi connectivity index (χ3v) is 5.67. The number of carbonyl (C=O) groups excluding carboxylic acids is 1. The zero-order chi connectivity index (χ0) is 26.7. The molecule has 11 heteroatoms. The standard InChI is InChI=1S/C26H15Cl2F3O6/c1-34-15-4-6-16(7-5-15)36-24-23(33)18-9-8-17(13-21(18)37-25(24)26(29,30)31)35-22(32)11-3-14-2-10-19(27)20(28)12-14/h2-13H,1H3. The molecule has 0 saturated carbocycles. The Morgan fingerprint density at radius 3 is 2.24 bits per heavy atom. The van der Waals surface area contributed by atoms with Gasteiger partial charge < -0.3 is 18.6 Å². The Balaban J connectivity index is 1.64. The van der Waals surface area contributed by atoms with Crippen molar-refractivity contribution in [1.82, 2.24) is 0 Å². The number of esters is 1. The summed E-state index contributed by atoms with van der Waals surface area (Å²) in [5.74, 6) is -3.22. The molecule has 4 aromatic rings. The fourth-order valence-electron chi connectivity index (χ4n) is 3.19. The monoisotopic (exact) mass is 550 g/mol. The first-order chi connectivity index (χ1) is 17.5. The van der Waals surface area contributed by atoms with Crippen molar-refractivity contribution in [3.8, 4) is 23.0 Å². The Hall–Kier alpha value is -3.95. The third kappa shape index (κ3) is 6.07. The van der Waals surface area contributed by atoms with E-state index in [9.17, 15) is 22.8 Å². The van der Waals surface area contributed by atoms with Crippen LogP contribution in [0.25, 0.3) is 17.0 Å². The molecular formula is C26H15Cl2F3O6. The summed E-state index contributed by atoms with van der Waals surface area (Å²) in [7, 11) is 1.42. The van der Waals surface area contributed by atoms with Crippen LogP contribution in [0.15, 0.2) is 76.0 Å². The van der Waals surface area contributed by atoms with Crippen LogP contribution >= 0.6 is 23.2 Å². The zero-order valence-corrected chi connectivity index (χ0v) is 20.3. The van der Waals surface area contributed by atoms with Crippen LogP contribution in [-0.2, 0) is 11.0 Å². The first kappa shape index (κ1) is 26.1. The second kappa shape index (κ2) is 10.6. The summed E-state index contributed by atoms with van der Waals surface area (Å²) in [5, 5.41) is 0.426. The maximum Gasteiger partial charge on any atom is 0.453 e. The van der Waals surface area contributed by atoms with Gasteiger partial charge in [-0.2, -0.15) is 13.2 Å². The Morgan fingerprint density at radius 1 is 0.919 bits per heavy atom. The first-order valence-electron chi connectivity index (χ1n) is 10.4. The summed E-state index contributed by atoms with van der Waals surface area (Å²) in [4.78, 5) is 25.1. The summed E-state index contributed by atoms with van der Waals surface area (Å²) in [6.45, 7) is 0. The molecule has 1 heterocycles. The highest BCUT2D eigenvalue weighted by Crippen LogP contribution is 2.39. The van der Waals surface area contributed by atoms with Crippen LogP contribution in [0.5, 0.6) is 23.0 Å². The second-order valence-corrected chi connectivity index (χ2v) is 8.27. The molecule has 0 bridgehead atoms. The van der Waals surface area contributed by atoms with Gasteiger partial charge in [0.25, 0.3) is 5.76 Å². The number of benzene rings is 3. The fraction of sp³-hybridized carbons (Fsp3) is 0.0769. The predicted octanol–water partition coefficient (Wildman–Crippen LogP) is 7.54. The maximum absolute atomic E-state index is 13.8. The highest BCUT2D eigenvalue weighted by molar-refractivity contribution is 6.42. The van der Waals surface area contributed by atoms with Crippen LogP contribution in [0, 0.1) is 0 Å². The van der Waals surface area contributed by atoms with E-state index in [4.69, 9.17) is 41.8 Å². The van der Waals surface area contributed by atoms with E-state index in [0.29, 0.717) is 16.3 Å². The Labute approximate surface area is 217 Å². The lowest BCUT2D eigenvalue weighted by Crippen LogP contribution is -2.15. The summed E-state index contributed by atoms with van der Waals surface area (Å²) < 4.78 is 61.7. The number of fused-ring (bicyclic) bond motifs is 1. The average molecular weight is 551 g/mol. The number of halogens is 5. The molecule has 0 aliphatic heterocycles. The van der Waals surface area contributed by atoms with Crippen molar-refractivity contribution in [2.24, 2.45) is 0 Å². The molecule has 0 aliphatic rings. The van der Waals surface area contributed by atoms with Crippen molar-refractivity contribution in [3.05, 3.63) is 98.3 Å². The largest absolute Gasteiger partial charge is 0.497 e. The SMILES string of the molecule is COc1ccc(Oc2c(C(F)(F)F)oc3cc(OC(=O)C=Cc4ccc(Cl)c(Cl)c4)ccc3c2=O)cc1. The van der Waals surface area contributed by atoms with Gasteiger partial charge in [0.05, 0.1) is 22.5 Å². The van der Waals surface area contributed by atoms with Crippen molar-refractivity contribution in [1.29, 1.82) is 0 Å². The smallest absolute Gasteiger partial charge is 0.453 e. The van der Waals surface area contributed by atoms with E-state index >= 15 is 0 Å². The van der Waals surface area contributed by atoms with Crippen LogP contribution in [0.1, 0.15) is 11.3 Å². The highest BCUT2D eigenvalue weighted by atomic mass is 35.5. The first-order valence-corrected chi connectivity index (χ1v) is 11.2. The number of alkyl halides is 3. The van der Waals surface area contributed by atoms with Crippen molar-refractivity contribution < 1.29 is 36.6 Å². The Bertz CT molecular complexity index is 1560. The number of carbonyl (C=O) groups is 1. The Kier molecular flexibility index (Phi) is 7.47. The van der Waals surface area contributed by atoms with Gasteiger partial charge in [0, 0.05) is 12.1 Å². The zero-order valence-electron chi connectivity index (χ0n) is 18.8. The fourth-order valence-corrected chi connectivity index (χ4v) is 3.50. The van der Waals surface area contributed by atoms with Gasteiger partial charge in [0.2, 0.25) is 11.2 Å². The predicted molar refractivity (Wildman–Crippen MR) is 132 cm³/mol. The van der Waals surface area contributed by atoms with E-state index in [0.717, 1.165) is 12.1 Å². The van der Waals surface area contributed by atoms with Gasteiger partial charge >= 0.3 is 12.1 Å². The van der Waals surface area contributed by atoms with E-state index in [-0.39, 0.29) is 21.9 Å². The lowest BCUT2D eigenvalue weighted by molar-refractivity contribution is -0.154. The van der Waals surface area contributed by atoms with Crippen LogP contribution in [0.4, 0.5) is 13.2 Å². The minimum atomic E-state index is -5.05. The van der Waals surface area contributed by atoms with Gasteiger partial charge in [-0.1, -0.05) is 29.3 Å². The van der Waals surface area contributed by atoms with Crippen molar-refractivity contribution >= 4 is 46.2 Å². The quantitative estimate of drug-likeness (QED) is 0.140. The molecule has 4 rings (SSSR count). The lowest BCUT2D eigenvalue weighted by atomic mass is 10.2. The van der Waals surface area contributed by atoms with E-state index in [2.05, 4.69) is 0 Å². The molecule has 3 aromatic carbocycles. The maximum atomic E-state index is 13.8. The van der Waals surface area contributed by atoms with Crippen LogP contribution in [0.2, 0.25) is 10.0 Å². The number of rotatable bonds is 6. The molecule has 37 heavy (non-hydrogen) atoms. The second-order valence-electron chi connectivity index (χ2n) is 7.45. The number of hydrogen-bond donors (Lipinski definition) is 0. The van der Waals surface area contributed by atoms with Gasteiger partial charge in [0.1, 0.15) is 22.8 Å². The molecule has 1 aromatic heterocycles. The summed E-state index contributed by atoms with van der Waals surface area (Å²) in [6.07, 6.45) is -2.55. The third-order valence-electron chi connectivity index (χ3n) is 4.93. The van der Waals surface area contributed by atoms with E-state index in [1.807, 2.05) is 0 Å². The van der Waals surface area contributed by atoms with Crippen molar-refractivity contribution in [2.75, 3.05) is 7.11 Å². The lowest BCUT2D eigenvalue weighted by Gasteiger charge is -2.13. The summed E-state index contributed by atoms with van der Waals surface area (Å²) in [6, 6.07) is 13.7. The molecule has 0 unspecified atom stereocenters. The molecule has 0 N–H and O–H groups in total. The van der Waals surface area contributed by atoms with Gasteiger partial charge in [-0.05, 0) is 60.2 Å². The Morgan fingerprint density at radius 2 is 1.59 bits per heavy atom. The number of methoxy groups -OCH3 is 1. The molecule has 190 valence electrons. The minimum absolute atomic E-state index is 0.0303. The molecule has 6 nitrogen and oxygen atoms in total. The van der Waals surface area contributed by atoms with Gasteiger partial charge in [-0.15, -0.1) is 0 Å². The molecule has 0 spiro atoms. The molecule has 0 aliphatic carbocycles. The van der Waals surface area contributed by atoms with E-state index in [1.165, 1.54) is 55.7 Å². The van der Waals surface area contributed by atoms with Gasteiger partial charge in [0.15, 0.2) is 0 Å². The topological polar surface area (TPSA) is 75.0 Å². The molecule has 0 saturated heterocycles. The van der Waals surface area contributed by atoms with E-state index < -0.39 is 34.7 Å².